The van der Waals surface area contributed by atoms with Crippen LogP contribution in [0.4, 0.5) is 0 Å². The highest BCUT2D eigenvalue weighted by molar-refractivity contribution is 7.98. The van der Waals surface area contributed by atoms with Crippen molar-refractivity contribution in [1.82, 2.24) is 26.0 Å². The molecule has 4 amide bonds. The number of nitrogens with one attached hydrogen (secondary N) is 4. The predicted octanol–water partition coefficient (Wildman–Crippen LogP) is 1.51. The number of carbonyl (C=O) groups excluding carboxylic acids is 5. The number of benzene rings is 1. The Morgan fingerprint density at radius 3 is 2.04 bits per heavy atom. The molecule has 1 aromatic heterocycles. The van der Waals surface area contributed by atoms with Gasteiger partial charge in [-0.25, -0.2) is 4.79 Å². The zero-order chi connectivity index (χ0) is 33.5. The smallest absolute Gasteiger partial charge is 0.355 e. The topological polar surface area (TPSA) is 188 Å². The minimum atomic E-state index is -1.19. The Labute approximate surface area is 267 Å². The van der Waals surface area contributed by atoms with Gasteiger partial charge in [-0.05, 0) is 42.2 Å². The molecule has 2 rings (SSSR count). The molecule has 45 heavy (non-hydrogen) atoms. The fourth-order valence-corrected chi connectivity index (χ4v) is 4.96. The first-order chi connectivity index (χ1) is 21.4. The number of aromatic hydroxyl groups is 2. The highest BCUT2D eigenvalue weighted by Crippen LogP contribution is 2.19. The molecule has 0 saturated heterocycles. The summed E-state index contributed by atoms with van der Waals surface area (Å²) in [5.74, 6) is -3.53. The molecular weight excluding hydrogens is 602 g/mol. The molecule has 0 aliphatic rings. The van der Waals surface area contributed by atoms with Gasteiger partial charge in [0.05, 0.1) is 0 Å². The van der Waals surface area contributed by atoms with E-state index in [-0.39, 0.29) is 24.7 Å². The Morgan fingerprint density at radius 1 is 0.889 bits per heavy atom. The summed E-state index contributed by atoms with van der Waals surface area (Å²) in [7, 11) is 0. The summed E-state index contributed by atoms with van der Waals surface area (Å²) in [5.41, 5.74) is 0.736. The molecule has 248 valence electrons. The number of aromatic nitrogens is 1. The average molecular weight is 648 g/mol. The standard InChI is InChI=1S/C31H45N5O8S/c1-6-20(4)27(35-28(40)22(32-18-37)14-15-45-5)30(42)33-23(17-21-10-8-7-9-11-21)29(41)34-24(16-19(2)3)31(43)44-36-25(38)12-13-26(36)39/h7-13,18-20,22-24,27,38-39H,6,14-17H2,1-5H3,(H,32,37)(H,33,42)(H,34,41)(H,35,40). The van der Waals surface area contributed by atoms with E-state index in [0.29, 0.717) is 29.7 Å². The number of hydrogen-bond donors (Lipinski definition) is 6. The Morgan fingerprint density at radius 2 is 1.49 bits per heavy atom. The van der Waals surface area contributed by atoms with Crippen LogP contribution >= 0.6 is 11.8 Å². The van der Waals surface area contributed by atoms with Gasteiger partial charge in [-0.1, -0.05) is 64.4 Å². The van der Waals surface area contributed by atoms with E-state index in [2.05, 4.69) is 21.3 Å². The summed E-state index contributed by atoms with van der Waals surface area (Å²) in [6.45, 7) is 7.33. The molecule has 1 heterocycles. The van der Waals surface area contributed by atoms with Crippen molar-refractivity contribution in [2.45, 2.75) is 77.5 Å². The van der Waals surface area contributed by atoms with Crippen LogP contribution in [0, 0.1) is 11.8 Å². The maximum Gasteiger partial charge on any atom is 0.355 e. The van der Waals surface area contributed by atoms with Crippen molar-refractivity contribution >= 4 is 41.9 Å². The fourth-order valence-electron chi connectivity index (χ4n) is 4.49. The monoisotopic (exact) mass is 647 g/mol. The van der Waals surface area contributed by atoms with Crippen molar-refractivity contribution in [2.75, 3.05) is 12.0 Å². The van der Waals surface area contributed by atoms with Gasteiger partial charge in [0.1, 0.15) is 24.2 Å². The average Bonchev–Trinajstić information content (AvgIpc) is 3.32. The number of carbonyl (C=O) groups is 5. The van der Waals surface area contributed by atoms with Crippen LogP contribution in [0.5, 0.6) is 11.8 Å². The van der Waals surface area contributed by atoms with Gasteiger partial charge in [0.15, 0.2) is 0 Å². The van der Waals surface area contributed by atoms with Gasteiger partial charge < -0.3 is 36.3 Å². The van der Waals surface area contributed by atoms with Crippen LogP contribution < -0.4 is 26.1 Å². The molecule has 5 atom stereocenters. The first-order valence-corrected chi connectivity index (χ1v) is 16.3. The fraction of sp³-hybridized carbons (Fsp3) is 0.516. The summed E-state index contributed by atoms with van der Waals surface area (Å²) >= 11 is 1.52. The highest BCUT2D eigenvalue weighted by Gasteiger charge is 2.34. The van der Waals surface area contributed by atoms with Crippen LogP contribution in [-0.4, -0.2) is 81.2 Å². The number of rotatable bonds is 19. The van der Waals surface area contributed by atoms with Gasteiger partial charge >= 0.3 is 5.97 Å². The minimum absolute atomic E-state index is 0.0686. The van der Waals surface area contributed by atoms with E-state index in [1.54, 1.807) is 31.2 Å². The summed E-state index contributed by atoms with van der Waals surface area (Å²) in [6, 6.07) is 7.05. The summed E-state index contributed by atoms with van der Waals surface area (Å²) in [5, 5.41) is 30.5. The molecule has 0 fully saturated rings. The van der Waals surface area contributed by atoms with Crippen molar-refractivity contribution in [3.8, 4) is 11.8 Å². The third kappa shape index (κ3) is 11.7. The largest absolute Gasteiger partial charge is 0.492 e. The number of amides is 4. The van der Waals surface area contributed by atoms with E-state index in [1.807, 2.05) is 33.1 Å². The second-order valence-electron chi connectivity index (χ2n) is 11.2. The van der Waals surface area contributed by atoms with Crippen molar-refractivity contribution in [3.63, 3.8) is 0 Å². The van der Waals surface area contributed by atoms with E-state index in [4.69, 9.17) is 4.84 Å². The lowest BCUT2D eigenvalue weighted by atomic mass is 9.96. The van der Waals surface area contributed by atoms with E-state index in [1.165, 1.54) is 11.8 Å². The molecule has 0 bridgehead atoms. The van der Waals surface area contributed by atoms with Crippen LogP contribution in [0.3, 0.4) is 0 Å². The second-order valence-corrected chi connectivity index (χ2v) is 12.2. The molecule has 0 radical (unpaired) electrons. The lowest BCUT2D eigenvalue weighted by molar-refractivity contribution is -0.150. The normalized spacial score (nSPS) is 14.4. The van der Waals surface area contributed by atoms with Crippen LogP contribution in [-0.2, 0) is 30.4 Å². The number of nitrogens with zero attached hydrogens (tertiary/aromatic N) is 1. The molecule has 0 aliphatic heterocycles. The second kappa shape index (κ2) is 18.6. The third-order valence-electron chi connectivity index (χ3n) is 7.19. The molecule has 6 N–H and O–H groups in total. The van der Waals surface area contributed by atoms with Crippen LogP contribution in [0.2, 0.25) is 0 Å². The Bertz CT molecular complexity index is 1250. The van der Waals surface area contributed by atoms with Gasteiger partial charge in [0.2, 0.25) is 35.9 Å². The summed E-state index contributed by atoms with van der Waals surface area (Å²) in [6.07, 6.45) is 3.46. The van der Waals surface area contributed by atoms with Crippen LogP contribution in [0.25, 0.3) is 0 Å². The maximum absolute atomic E-state index is 13.7. The molecule has 13 nitrogen and oxygen atoms in total. The lowest BCUT2D eigenvalue weighted by Crippen LogP contribution is -2.59. The zero-order valence-electron chi connectivity index (χ0n) is 26.3. The zero-order valence-corrected chi connectivity index (χ0v) is 27.1. The molecule has 0 spiro atoms. The minimum Gasteiger partial charge on any atom is -0.492 e. The van der Waals surface area contributed by atoms with Gasteiger partial charge in [-0.2, -0.15) is 11.8 Å². The summed E-state index contributed by atoms with van der Waals surface area (Å²) in [4.78, 5) is 69.9. The third-order valence-corrected chi connectivity index (χ3v) is 7.84. The van der Waals surface area contributed by atoms with Gasteiger partial charge in [0, 0.05) is 18.6 Å². The van der Waals surface area contributed by atoms with Crippen LogP contribution in [0.1, 0.15) is 52.5 Å². The predicted molar refractivity (Wildman–Crippen MR) is 170 cm³/mol. The van der Waals surface area contributed by atoms with Gasteiger partial charge in [-0.15, -0.1) is 4.73 Å². The van der Waals surface area contributed by atoms with Crippen molar-refractivity contribution in [2.24, 2.45) is 11.8 Å². The molecule has 5 unspecified atom stereocenters. The molecule has 0 aliphatic carbocycles. The van der Waals surface area contributed by atoms with E-state index in [0.717, 1.165) is 17.7 Å². The Hall–Kier alpha value is -4.20. The van der Waals surface area contributed by atoms with E-state index < -0.39 is 59.6 Å². The molecule has 1 aromatic carbocycles. The first-order valence-electron chi connectivity index (χ1n) is 14.9. The van der Waals surface area contributed by atoms with Crippen molar-refractivity contribution in [3.05, 3.63) is 48.0 Å². The van der Waals surface area contributed by atoms with Gasteiger partial charge in [0.25, 0.3) is 0 Å². The van der Waals surface area contributed by atoms with Crippen molar-refractivity contribution in [1.29, 1.82) is 0 Å². The van der Waals surface area contributed by atoms with E-state index >= 15 is 0 Å². The Balaban J connectivity index is 2.33. The molecule has 2 aromatic rings. The van der Waals surface area contributed by atoms with E-state index in [9.17, 15) is 34.2 Å². The molecular formula is C31H45N5O8S. The maximum atomic E-state index is 13.7. The summed E-state index contributed by atoms with van der Waals surface area (Å²) < 4.78 is 0.538. The highest BCUT2D eigenvalue weighted by atomic mass is 32.2. The number of thioether (sulfide) groups is 1. The first kappa shape index (κ1) is 37.0. The Kier molecular flexibility index (Phi) is 15.3. The molecule has 14 heteroatoms. The molecule has 0 saturated carbocycles. The van der Waals surface area contributed by atoms with Crippen LogP contribution in [0.15, 0.2) is 42.5 Å². The van der Waals surface area contributed by atoms with Gasteiger partial charge in [-0.3, -0.25) is 19.2 Å². The van der Waals surface area contributed by atoms with Crippen molar-refractivity contribution < 1.29 is 39.0 Å². The quantitative estimate of drug-likeness (QED) is 0.123. The number of hydrogen-bond acceptors (Lipinski definition) is 9. The SMILES string of the molecule is CCC(C)C(NC(=O)C(CCSC)NC=O)C(=O)NC(Cc1ccccc1)C(=O)NC(CC(C)C)C(=O)On1c(O)ccc1O. The lowest BCUT2D eigenvalue weighted by Gasteiger charge is -2.29.